The van der Waals surface area contributed by atoms with Crippen molar-refractivity contribution in [2.24, 2.45) is 0 Å². The van der Waals surface area contributed by atoms with Crippen LogP contribution in [0.25, 0.3) is 0 Å². The molecule has 1 aliphatic rings. The maximum Gasteiger partial charge on any atom is 0.335 e. The summed E-state index contributed by atoms with van der Waals surface area (Å²) in [6.45, 7) is 6.21. The summed E-state index contributed by atoms with van der Waals surface area (Å²) in [5, 5.41) is 9.41. The van der Waals surface area contributed by atoms with Crippen LogP contribution in [0.2, 0.25) is 0 Å². The van der Waals surface area contributed by atoms with Gasteiger partial charge in [0.05, 0.1) is 18.8 Å². The van der Waals surface area contributed by atoms with Gasteiger partial charge in [0.1, 0.15) is 12.4 Å². The number of ether oxygens (including phenoxy) is 2. The minimum absolute atomic E-state index is 0.269. The molecule has 3 aromatic carbocycles. The number of hydrogen-bond donors (Lipinski definition) is 1. The predicted molar refractivity (Wildman–Crippen MR) is 124 cm³/mol. The highest BCUT2D eigenvalue weighted by Crippen LogP contribution is 2.25. The fourth-order valence-electron chi connectivity index (χ4n) is 4.06. The fourth-order valence-corrected chi connectivity index (χ4v) is 4.06. The molecule has 166 valence electrons. The van der Waals surface area contributed by atoms with Gasteiger partial charge in [-0.1, -0.05) is 48.5 Å². The lowest BCUT2D eigenvalue weighted by atomic mass is 10.00. The van der Waals surface area contributed by atoms with Gasteiger partial charge in [0, 0.05) is 26.1 Å². The molecule has 5 nitrogen and oxygen atoms in total. The molecular formula is C27H29NO4. The van der Waals surface area contributed by atoms with Crippen molar-refractivity contribution in [2.75, 3.05) is 26.4 Å². The Morgan fingerprint density at radius 2 is 1.81 bits per heavy atom. The number of fused-ring (bicyclic) bond motifs is 3. The van der Waals surface area contributed by atoms with Gasteiger partial charge >= 0.3 is 5.97 Å². The molecule has 1 aliphatic heterocycles. The van der Waals surface area contributed by atoms with Crippen LogP contribution >= 0.6 is 0 Å². The molecule has 1 heterocycles. The molecule has 0 fully saturated rings. The number of carboxylic acids is 1. The third-order valence-electron chi connectivity index (χ3n) is 5.79. The molecule has 0 aliphatic carbocycles. The van der Waals surface area contributed by atoms with Crippen LogP contribution in [0.5, 0.6) is 5.75 Å². The van der Waals surface area contributed by atoms with Gasteiger partial charge in [-0.25, -0.2) is 4.79 Å². The quantitative estimate of drug-likeness (QED) is 0.652. The van der Waals surface area contributed by atoms with E-state index >= 15 is 0 Å². The first-order valence-electron chi connectivity index (χ1n) is 11.0. The highest BCUT2D eigenvalue weighted by molar-refractivity contribution is 5.88. The summed E-state index contributed by atoms with van der Waals surface area (Å²) in [4.78, 5) is 13.9. The average molecular weight is 432 g/mol. The Kier molecular flexibility index (Phi) is 7.20. The molecule has 0 radical (unpaired) electrons. The summed E-state index contributed by atoms with van der Waals surface area (Å²) in [7, 11) is 0. The second-order valence-corrected chi connectivity index (χ2v) is 8.22. The SMILES string of the molecule is Cc1ccccc1CN1CCOCCOc2ccc(C(=O)O)cc2Cc2cccc(c2)C1. The standard InChI is InChI=1S/C27H29NO4/c1-20-5-2-3-8-24(20)19-28-11-12-31-13-14-32-26-10-9-23(27(29)30)17-25(26)16-21-6-4-7-22(15-21)18-28/h2-10,15,17H,11-14,16,18-19H2,1H3,(H,29,30). The Morgan fingerprint density at radius 3 is 2.66 bits per heavy atom. The second-order valence-electron chi connectivity index (χ2n) is 8.22. The number of aromatic carboxylic acids is 1. The summed E-state index contributed by atoms with van der Waals surface area (Å²) in [6, 6.07) is 22.0. The van der Waals surface area contributed by atoms with Crippen molar-refractivity contribution >= 4 is 5.97 Å². The summed E-state index contributed by atoms with van der Waals surface area (Å²) in [5.74, 6) is -0.224. The molecule has 32 heavy (non-hydrogen) atoms. The van der Waals surface area contributed by atoms with Crippen molar-refractivity contribution in [1.29, 1.82) is 0 Å². The third kappa shape index (κ3) is 5.75. The highest BCUT2D eigenvalue weighted by atomic mass is 16.5. The Balaban J connectivity index is 1.61. The van der Waals surface area contributed by atoms with Gasteiger partial charge in [-0.05, 0) is 52.9 Å². The smallest absolute Gasteiger partial charge is 0.335 e. The van der Waals surface area contributed by atoms with Crippen LogP contribution in [-0.2, 0) is 24.2 Å². The van der Waals surface area contributed by atoms with E-state index in [0.717, 1.165) is 30.8 Å². The van der Waals surface area contributed by atoms with Gasteiger partial charge < -0.3 is 14.6 Å². The highest BCUT2D eigenvalue weighted by Gasteiger charge is 2.13. The van der Waals surface area contributed by atoms with Gasteiger partial charge in [0.2, 0.25) is 0 Å². The molecule has 0 amide bonds. The molecule has 0 saturated heterocycles. The molecule has 5 heteroatoms. The maximum absolute atomic E-state index is 11.5. The van der Waals surface area contributed by atoms with E-state index in [4.69, 9.17) is 9.47 Å². The zero-order valence-electron chi connectivity index (χ0n) is 18.4. The molecule has 1 N–H and O–H groups in total. The van der Waals surface area contributed by atoms with Gasteiger partial charge in [-0.3, -0.25) is 4.90 Å². The van der Waals surface area contributed by atoms with Crippen LogP contribution in [0.15, 0.2) is 66.7 Å². The van der Waals surface area contributed by atoms with Crippen LogP contribution in [-0.4, -0.2) is 42.3 Å². The molecule has 2 bridgehead atoms. The zero-order chi connectivity index (χ0) is 22.3. The van der Waals surface area contributed by atoms with Crippen LogP contribution in [0, 0.1) is 6.92 Å². The molecule has 4 rings (SSSR count). The molecule has 0 aromatic heterocycles. The topological polar surface area (TPSA) is 59.0 Å². The first-order chi connectivity index (χ1) is 15.6. The van der Waals surface area contributed by atoms with E-state index in [1.165, 1.54) is 16.7 Å². The summed E-state index contributed by atoms with van der Waals surface area (Å²) >= 11 is 0. The first kappa shape index (κ1) is 22.1. The zero-order valence-corrected chi connectivity index (χ0v) is 18.4. The van der Waals surface area contributed by atoms with Crippen molar-refractivity contribution in [3.05, 3.63) is 100 Å². The number of nitrogens with zero attached hydrogens (tertiary/aromatic N) is 1. The van der Waals surface area contributed by atoms with Gasteiger partial charge in [0.25, 0.3) is 0 Å². The van der Waals surface area contributed by atoms with Crippen molar-refractivity contribution in [1.82, 2.24) is 4.90 Å². The van der Waals surface area contributed by atoms with E-state index in [2.05, 4.69) is 60.4 Å². The predicted octanol–water partition coefficient (Wildman–Crippen LogP) is 4.70. The van der Waals surface area contributed by atoms with Crippen LogP contribution < -0.4 is 4.74 Å². The Hall–Kier alpha value is -3.15. The van der Waals surface area contributed by atoms with E-state index in [1.54, 1.807) is 18.2 Å². The van der Waals surface area contributed by atoms with Crippen LogP contribution in [0.3, 0.4) is 0 Å². The summed E-state index contributed by atoms with van der Waals surface area (Å²) in [5.41, 5.74) is 6.12. The van der Waals surface area contributed by atoms with Gasteiger partial charge in [-0.15, -0.1) is 0 Å². The molecule has 0 spiro atoms. The number of carbonyl (C=O) groups is 1. The summed E-state index contributed by atoms with van der Waals surface area (Å²) in [6.07, 6.45) is 0.614. The van der Waals surface area contributed by atoms with Crippen molar-refractivity contribution < 1.29 is 19.4 Å². The van der Waals surface area contributed by atoms with Gasteiger partial charge in [0.15, 0.2) is 0 Å². The lowest BCUT2D eigenvalue weighted by Gasteiger charge is -2.24. The maximum atomic E-state index is 11.5. The van der Waals surface area contributed by atoms with E-state index in [0.29, 0.717) is 32.0 Å². The van der Waals surface area contributed by atoms with Gasteiger partial charge in [-0.2, -0.15) is 0 Å². The minimum atomic E-state index is -0.934. The Bertz CT molecular complexity index is 1080. The van der Waals surface area contributed by atoms with Crippen LogP contribution in [0.1, 0.15) is 38.2 Å². The second kappa shape index (κ2) is 10.4. The third-order valence-corrected chi connectivity index (χ3v) is 5.79. The van der Waals surface area contributed by atoms with E-state index in [-0.39, 0.29) is 5.56 Å². The lowest BCUT2D eigenvalue weighted by molar-refractivity contribution is 0.0695. The number of hydrogen-bond acceptors (Lipinski definition) is 4. The summed E-state index contributed by atoms with van der Waals surface area (Å²) < 4.78 is 11.8. The number of carboxylic acid groups (broad SMARTS) is 1. The fraction of sp³-hybridized carbons (Fsp3) is 0.296. The number of benzene rings is 3. The largest absolute Gasteiger partial charge is 0.491 e. The molecule has 0 atom stereocenters. The van der Waals surface area contributed by atoms with E-state index in [1.807, 2.05) is 0 Å². The number of rotatable bonds is 3. The lowest BCUT2D eigenvalue weighted by Crippen LogP contribution is -2.28. The van der Waals surface area contributed by atoms with Crippen molar-refractivity contribution in [2.45, 2.75) is 26.4 Å². The van der Waals surface area contributed by atoms with E-state index < -0.39 is 5.97 Å². The molecule has 3 aromatic rings. The van der Waals surface area contributed by atoms with Crippen molar-refractivity contribution in [3.63, 3.8) is 0 Å². The molecule has 0 saturated carbocycles. The minimum Gasteiger partial charge on any atom is -0.491 e. The first-order valence-corrected chi connectivity index (χ1v) is 11.0. The Morgan fingerprint density at radius 1 is 0.969 bits per heavy atom. The number of aryl methyl sites for hydroxylation is 1. The molecular weight excluding hydrogens is 402 g/mol. The normalized spacial score (nSPS) is 15.3. The van der Waals surface area contributed by atoms with Crippen molar-refractivity contribution in [3.8, 4) is 5.75 Å². The van der Waals surface area contributed by atoms with Crippen LogP contribution in [0.4, 0.5) is 0 Å². The monoisotopic (exact) mass is 431 g/mol. The Labute approximate surface area is 189 Å². The van der Waals surface area contributed by atoms with E-state index in [9.17, 15) is 9.90 Å². The molecule has 0 unspecified atom stereocenters. The average Bonchev–Trinajstić information content (AvgIpc) is 2.78.